The van der Waals surface area contributed by atoms with E-state index in [2.05, 4.69) is 13.5 Å². The minimum absolute atomic E-state index is 0.0316. The summed E-state index contributed by atoms with van der Waals surface area (Å²) in [6.45, 7) is 1.48. The third-order valence-electron chi connectivity index (χ3n) is 4.77. The average Bonchev–Trinajstić information content (AvgIpc) is 3.16. The van der Waals surface area contributed by atoms with Crippen molar-refractivity contribution in [3.8, 4) is 16.9 Å². The Labute approximate surface area is 188 Å². The molecule has 3 rings (SSSR count). The summed E-state index contributed by atoms with van der Waals surface area (Å²) >= 11 is 0.863. The predicted octanol–water partition coefficient (Wildman–Crippen LogP) is 6.53. The maximum absolute atomic E-state index is 13.9. The number of hydrogen-bond acceptors (Lipinski definition) is 5. The zero-order valence-corrected chi connectivity index (χ0v) is 18.1. The predicted molar refractivity (Wildman–Crippen MR) is 109 cm³/mol. The number of carboxylic acid groups (broad SMARTS) is 1. The van der Waals surface area contributed by atoms with Crippen LogP contribution >= 0.6 is 11.7 Å². The van der Waals surface area contributed by atoms with Gasteiger partial charge in [0, 0.05) is 5.56 Å². The lowest BCUT2D eigenvalue weighted by molar-refractivity contribution is -0.158. The topological polar surface area (TPSA) is 72.3 Å². The number of nitrogens with zero attached hydrogens (tertiary/aromatic N) is 2. The average molecular weight is 492 g/mol. The molecule has 1 heterocycles. The molecule has 0 bridgehead atoms. The number of alkyl halides is 6. The van der Waals surface area contributed by atoms with E-state index in [1.807, 2.05) is 0 Å². The third-order valence-corrected chi connectivity index (χ3v) is 5.33. The Balaban J connectivity index is 2.30. The van der Waals surface area contributed by atoms with E-state index in [0.29, 0.717) is 17.1 Å². The normalized spacial score (nSPS) is 13.5. The summed E-state index contributed by atoms with van der Waals surface area (Å²) in [7, 11) is 0. The highest BCUT2D eigenvalue weighted by Gasteiger charge is 2.39. The minimum Gasteiger partial charge on any atom is -0.483 e. The largest absolute Gasteiger partial charge is 0.483 e. The molecule has 0 aliphatic heterocycles. The van der Waals surface area contributed by atoms with Gasteiger partial charge in [-0.15, -0.1) is 0 Å². The second kappa shape index (κ2) is 9.16. The van der Waals surface area contributed by atoms with Crippen molar-refractivity contribution in [2.75, 3.05) is 6.61 Å². The summed E-state index contributed by atoms with van der Waals surface area (Å²) in [5.41, 5.74) is -1.10. The monoisotopic (exact) mass is 492 g/mol. The third kappa shape index (κ3) is 5.92. The molecule has 3 aromatic rings. The molecule has 12 heteroatoms. The summed E-state index contributed by atoms with van der Waals surface area (Å²) in [4.78, 5) is 11.8. The summed E-state index contributed by atoms with van der Waals surface area (Å²) in [6.07, 6.45) is -9.95. The van der Waals surface area contributed by atoms with Gasteiger partial charge in [0.25, 0.3) is 0 Å². The van der Waals surface area contributed by atoms with Crippen LogP contribution in [0.5, 0.6) is 5.75 Å². The van der Waals surface area contributed by atoms with Gasteiger partial charge in [-0.1, -0.05) is 19.9 Å². The number of rotatable bonds is 7. The lowest BCUT2D eigenvalue weighted by Gasteiger charge is -2.23. The second-order valence-corrected chi connectivity index (χ2v) is 8.36. The molecule has 0 aliphatic carbocycles. The van der Waals surface area contributed by atoms with Crippen molar-refractivity contribution >= 4 is 28.7 Å². The van der Waals surface area contributed by atoms with Gasteiger partial charge in [-0.25, -0.2) is 0 Å². The highest BCUT2D eigenvalue weighted by Crippen LogP contribution is 2.45. The van der Waals surface area contributed by atoms with Crippen LogP contribution in [0, 0.1) is 5.92 Å². The van der Waals surface area contributed by atoms with Gasteiger partial charge in [-0.05, 0) is 47.7 Å². The van der Waals surface area contributed by atoms with Crippen LogP contribution in [-0.2, 0) is 11.0 Å². The van der Waals surface area contributed by atoms with E-state index in [9.17, 15) is 36.2 Å². The van der Waals surface area contributed by atoms with Crippen LogP contribution in [-0.4, -0.2) is 32.6 Å². The van der Waals surface area contributed by atoms with Crippen LogP contribution in [0.1, 0.15) is 37.3 Å². The zero-order valence-electron chi connectivity index (χ0n) is 17.3. The van der Waals surface area contributed by atoms with Crippen molar-refractivity contribution in [2.45, 2.75) is 38.5 Å². The van der Waals surface area contributed by atoms with E-state index in [1.165, 1.54) is 18.2 Å². The van der Waals surface area contributed by atoms with Gasteiger partial charge >= 0.3 is 18.3 Å². The Kier molecular flexibility index (Phi) is 6.87. The van der Waals surface area contributed by atoms with Crippen LogP contribution in [0.2, 0.25) is 0 Å². The van der Waals surface area contributed by atoms with E-state index in [4.69, 9.17) is 0 Å². The van der Waals surface area contributed by atoms with Crippen LogP contribution in [0.15, 0.2) is 30.3 Å². The standard InChI is InChI=1S/C21H18F6N2O3S/c1-10(2)5-14(19(30)31)12-6-13(11-3-4-16-17(8-11)29-33-28-16)18(32-9-20(22,23)24)15(7-12)21(25,26)27/h3-4,6-8,10,14H,5,9H2,1-2H3,(H,30,31)/t14-/m0/s1. The van der Waals surface area contributed by atoms with Gasteiger partial charge in [0.1, 0.15) is 16.8 Å². The first-order valence-corrected chi connectivity index (χ1v) is 10.4. The Bertz CT molecular complexity index is 1160. The van der Waals surface area contributed by atoms with Crippen molar-refractivity contribution in [3.05, 3.63) is 41.5 Å². The SMILES string of the molecule is CC(C)C[C@H](C(=O)O)c1cc(-c2ccc3nsnc3c2)c(OCC(F)(F)F)c(C(F)(F)F)c1. The van der Waals surface area contributed by atoms with Gasteiger partial charge in [0.2, 0.25) is 0 Å². The number of carbonyl (C=O) groups is 1. The molecule has 1 aromatic heterocycles. The summed E-state index contributed by atoms with van der Waals surface area (Å²) in [6, 6.07) is 5.91. The van der Waals surface area contributed by atoms with E-state index in [-0.39, 0.29) is 29.0 Å². The molecule has 0 aliphatic rings. The first-order valence-electron chi connectivity index (χ1n) is 9.66. The van der Waals surface area contributed by atoms with Crippen molar-refractivity contribution in [1.82, 2.24) is 8.75 Å². The van der Waals surface area contributed by atoms with E-state index < -0.39 is 42.2 Å². The number of fused-ring (bicyclic) bond motifs is 1. The van der Waals surface area contributed by atoms with Crippen molar-refractivity contribution < 1.29 is 41.0 Å². The second-order valence-electron chi connectivity index (χ2n) is 7.83. The molecule has 33 heavy (non-hydrogen) atoms. The number of benzene rings is 2. The molecule has 0 unspecified atom stereocenters. The smallest absolute Gasteiger partial charge is 0.422 e. The van der Waals surface area contributed by atoms with Gasteiger partial charge in [0.15, 0.2) is 6.61 Å². The summed E-state index contributed by atoms with van der Waals surface area (Å²) in [5.74, 6) is -3.83. The number of aromatic nitrogens is 2. The zero-order chi connectivity index (χ0) is 24.6. The Morgan fingerprint density at radius 2 is 1.73 bits per heavy atom. The summed E-state index contributed by atoms with van der Waals surface area (Å²) in [5, 5.41) is 9.65. The molecule has 0 saturated heterocycles. The molecular formula is C21H18F6N2O3S. The molecule has 2 aromatic carbocycles. The fourth-order valence-electron chi connectivity index (χ4n) is 3.39. The number of carboxylic acids is 1. The lowest BCUT2D eigenvalue weighted by Crippen LogP contribution is -2.22. The van der Waals surface area contributed by atoms with E-state index >= 15 is 0 Å². The quantitative estimate of drug-likeness (QED) is 0.380. The minimum atomic E-state index is -5.10. The molecule has 0 fully saturated rings. The van der Waals surface area contributed by atoms with Gasteiger partial charge < -0.3 is 9.84 Å². The molecule has 5 nitrogen and oxygen atoms in total. The molecule has 0 saturated carbocycles. The number of aliphatic carboxylic acids is 1. The number of halogens is 6. The highest BCUT2D eigenvalue weighted by atomic mass is 32.1. The number of ether oxygens (including phenoxy) is 1. The van der Waals surface area contributed by atoms with Gasteiger partial charge in [-0.3, -0.25) is 4.79 Å². The molecule has 0 spiro atoms. The maximum Gasteiger partial charge on any atom is 0.422 e. The molecule has 1 N–H and O–H groups in total. The Morgan fingerprint density at radius 1 is 1.06 bits per heavy atom. The van der Waals surface area contributed by atoms with Gasteiger partial charge in [0.05, 0.1) is 23.2 Å². The highest BCUT2D eigenvalue weighted by molar-refractivity contribution is 7.00. The van der Waals surface area contributed by atoms with Gasteiger partial charge in [-0.2, -0.15) is 35.1 Å². The van der Waals surface area contributed by atoms with Crippen LogP contribution < -0.4 is 4.74 Å². The van der Waals surface area contributed by atoms with Crippen molar-refractivity contribution in [1.29, 1.82) is 0 Å². The fourth-order valence-corrected chi connectivity index (χ4v) is 3.90. The van der Waals surface area contributed by atoms with E-state index in [0.717, 1.165) is 17.8 Å². The van der Waals surface area contributed by atoms with Crippen molar-refractivity contribution in [3.63, 3.8) is 0 Å². The van der Waals surface area contributed by atoms with E-state index in [1.54, 1.807) is 13.8 Å². The van der Waals surface area contributed by atoms with Crippen molar-refractivity contribution in [2.24, 2.45) is 5.92 Å². The maximum atomic E-state index is 13.9. The van der Waals surface area contributed by atoms with Crippen LogP contribution in [0.4, 0.5) is 26.3 Å². The fraction of sp³-hybridized carbons (Fsp3) is 0.381. The molecule has 178 valence electrons. The molecule has 0 amide bonds. The van der Waals surface area contributed by atoms with Crippen LogP contribution in [0.25, 0.3) is 22.2 Å². The summed E-state index contributed by atoms with van der Waals surface area (Å²) < 4.78 is 93.0. The molecular weight excluding hydrogens is 474 g/mol. The first kappa shape index (κ1) is 24.7. The molecule has 1 atom stereocenters. The molecule has 0 radical (unpaired) electrons. The lowest BCUT2D eigenvalue weighted by atomic mass is 9.86. The first-order chi connectivity index (χ1) is 15.3. The Hall–Kier alpha value is -2.89. The number of hydrogen-bond donors (Lipinski definition) is 1. The Morgan fingerprint density at radius 3 is 2.30 bits per heavy atom. The van der Waals surface area contributed by atoms with Crippen LogP contribution in [0.3, 0.4) is 0 Å².